The van der Waals surface area contributed by atoms with E-state index in [0.29, 0.717) is 18.9 Å². The molecular formula is C22H25FO4. The zero-order chi connectivity index (χ0) is 19.1. The van der Waals surface area contributed by atoms with Crippen LogP contribution in [0.15, 0.2) is 48.5 Å². The van der Waals surface area contributed by atoms with Gasteiger partial charge in [0, 0.05) is 0 Å². The van der Waals surface area contributed by atoms with Crippen molar-refractivity contribution in [2.24, 2.45) is 0 Å². The second-order valence-corrected chi connectivity index (χ2v) is 7.00. The van der Waals surface area contributed by atoms with Crippen molar-refractivity contribution in [2.75, 3.05) is 13.2 Å². The van der Waals surface area contributed by atoms with Crippen LogP contribution < -0.4 is 4.74 Å². The van der Waals surface area contributed by atoms with Gasteiger partial charge in [-0.25, -0.2) is 9.18 Å². The van der Waals surface area contributed by atoms with E-state index in [1.807, 2.05) is 0 Å². The molecule has 1 aliphatic carbocycles. The highest BCUT2D eigenvalue weighted by atomic mass is 19.1. The van der Waals surface area contributed by atoms with Gasteiger partial charge < -0.3 is 14.6 Å². The maximum absolute atomic E-state index is 13.0. The van der Waals surface area contributed by atoms with E-state index in [4.69, 9.17) is 14.6 Å². The fourth-order valence-electron chi connectivity index (χ4n) is 3.57. The van der Waals surface area contributed by atoms with Gasteiger partial charge in [0.2, 0.25) is 0 Å². The molecule has 0 spiro atoms. The van der Waals surface area contributed by atoms with Crippen molar-refractivity contribution in [1.29, 1.82) is 0 Å². The zero-order valence-corrected chi connectivity index (χ0v) is 15.3. The lowest BCUT2D eigenvalue weighted by molar-refractivity contribution is -0.142. The van der Waals surface area contributed by atoms with Gasteiger partial charge in [0.25, 0.3) is 0 Å². The lowest BCUT2D eigenvalue weighted by Crippen LogP contribution is -2.24. The van der Waals surface area contributed by atoms with E-state index in [0.717, 1.165) is 37.0 Å². The minimum Gasteiger partial charge on any atom is -0.490 e. The quantitative estimate of drug-likeness (QED) is 0.690. The highest BCUT2D eigenvalue weighted by Gasteiger charge is 2.24. The molecule has 144 valence electrons. The SMILES string of the molecule is O=C(O)COCCc1ccc([C@@H]2CCC[C@H](Oc3ccc(F)cc3)C2)cc1. The van der Waals surface area contributed by atoms with Crippen molar-refractivity contribution in [2.45, 2.75) is 44.1 Å². The Kier molecular flexibility index (Phi) is 6.82. The molecule has 0 unspecified atom stereocenters. The number of ether oxygens (including phenoxy) is 2. The first-order chi connectivity index (χ1) is 13.1. The Hall–Kier alpha value is -2.40. The van der Waals surface area contributed by atoms with Crippen LogP contribution in [0, 0.1) is 5.82 Å². The van der Waals surface area contributed by atoms with Crippen LogP contribution in [0.1, 0.15) is 42.7 Å². The number of halogens is 1. The van der Waals surface area contributed by atoms with Gasteiger partial charge in [-0.1, -0.05) is 24.3 Å². The molecule has 0 aliphatic heterocycles. The standard InChI is InChI=1S/C22H25FO4/c23-19-8-10-20(11-9-19)27-21-3-1-2-18(14-21)17-6-4-16(5-7-17)12-13-26-15-22(24)25/h4-11,18,21H,1-3,12-15H2,(H,24,25)/t18-,21+/m1/s1. The molecule has 0 bridgehead atoms. The van der Waals surface area contributed by atoms with Crippen LogP contribution in [0.25, 0.3) is 0 Å². The molecule has 0 radical (unpaired) electrons. The van der Waals surface area contributed by atoms with E-state index in [-0.39, 0.29) is 18.5 Å². The summed E-state index contributed by atoms with van der Waals surface area (Å²) in [4.78, 5) is 10.4. The maximum atomic E-state index is 13.0. The molecule has 0 heterocycles. The van der Waals surface area contributed by atoms with Crippen LogP contribution in [0.3, 0.4) is 0 Å². The Morgan fingerprint density at radius 2 is 1.81 bits per heavy atom. The third-order valence-corrected chi connectivity index (χ3v) is 4.95. The van der Waals surface area contributed by atoms with E-state index < -0.39 is 5.97 Å². The summed E-state index contributed by atoms with van der Waals surface area (Å²) in [7, 11) is 0. The van der Waals surface area contributed by atoms with E-state index >= 15 is 0 Å². The second-order valence-electron chi connectivity index (χ2n) is 7.00. The van der Waals surface area contributed by atoms with Crippen LogP contribution in [0.5, 0.6) is 5.75 Å². The van der Waals surface area contributed by atoms with Gasteiger partial charge >= 0.3 is 5.97 Å². The maximum Gasteiger partial charge on any atom is 0.329 e. The van der Waals surface area contributed by atoms with Gasteiger partial charge in [0.15, 0.2) is 0 Å². The second kappa shape index (κ2) is 9.51. The Labute approximate surface area is 158 Å². The Morgan fingerprint density at radius 3 is 2.52 bits per heavy atom. The van der Waals surface area contributed by atoms with Crippen LogP contribution in [0.2, 0.25) is 0 Å². The summed E-state index contributed by atoms with van der Waals surface area (Å²) in [5.41, 5.74) is 2.44. The van der Waals surface area contributed by atoms with Crippen LogP contribution in [-0.4, -0.2) is 30.4 Å². The van der Waals surface area contributed by atoms with Crippen LogP contribution in [-0.2, 0) is 16.0 Å². The van der Waals surface area contributed by atoms with Crippen molar-refractivity contribution in [1.82, 2.24) is 0 Å². The zero-order valence-electron chi connectivity index (χ0n) is 15.3. The summed E-state index contributed by atoms with van der Waals surface area (Å²) in [6.45, 7) is 0.151. The van der Waals surface area contributed by atoms with E-state index in [1.54, 1.807) is 12.1 Å². The molecule has 1 N–H and O–H groups in total. The summed E-state index contributed by atoms with van der Waals surface area (Å²) < 4.78 is 24.1. The first kappa shape index (κ1) is 19.4. The van der Waals surface area contributed by atoms with Crippen LogP contribution >= 0.6 is 0 Å². The fraction of sp³-hybridized carbons (Fsp3) is 0.409. The molecule has 0 saturated heterocycles. The van der Waals surface area contributed by atoms with Crippen molar-refractivity contribution in [3.05, 3.63) is 65.5 Å². The molecule has 2 aromatic rings. The van der Waals surface area contributed by atoms with Gasteiger partial charge in [0.1, 0.15) is 18.2 Å². The molecule has 2 aromatic carbocycles. The summed E-state index contributed by atoms with van der Waals surface area (Å²) >= 11 is 0. The van der Waals surface area contributed by atoms with Gasteiger partial charge in [-0.2, -0.15) is 0 Å². The number of aliphatic carboxylic acids is 1. The molecule has 0 aromatic heterocycles. The van der Waals surface area contributed by atoms with Gasteiger partial charge in [0.05, 0.1) is 12.7 Å². The highest BCUT2D eigenvalue weighted by Crippen LogP contribution is 2.35. The molecule has 1 aliphatic rings. The average molecular weight is 372 g/mol. The topological polar surface area (TPSA) is 55.8 Å². The van der Waals surface area contributed by atoms with Crippen LogP contribution in [0.4, 0.5) is 4.39 Å². The molecule has 2 atom stereocenters. The minimum absolute atomic E-state index is 0.151. The number of rotatable bonds is 8. The number of hydrogen-bond acceptors (Lipinski definition) is 3. The van der Waals surface area contributed by atoms with Gasteiger partial charge in [-0.3, -0.25) is 0 Å². The third-order valence-electron chi connectivity index (χ3n) is 4.95. The summed E-state index contributed by atoms with van der Waals surface area (Å²) in [6, 6.07) is 14.7. The largest absolute Gasteiger partial charge is 0.490 e. The number of carboxylic acids is 1. The van der Waals surface area contributed by atoms with E-state index in [2.05, 4.69) is 24.3 Å². The van der Waals surface area contributed by atoms with Gasteiger partial charge in [-0.15, -0.1) is 0 Å². The Balaban J connectivity index is 1.51. The molecule has 3 rings (SSSR count). The Bertz CT molecular complexity index is 727. The lowest BCUT2D eigenvalue weighted by atomic mass is 9.82. The highest BCUT2D eigenvalue weighted by molar-refractivity contribution is 5.67. The summed E-state index contributed by atoms with van der Waals surface area (Å²) in [5.74, 6) is -0.0161. The number of carbonyl (C=O) groups is 1. The van der Waals surface area contributed by atoms with Crippen molar-refractivity contribution >= 4 is 5.97 Å². The van der Waals surface area contributed by atoms with Gasteiger partial charge in [-0.05, 0) is 73.4 Å². The lowest BCUT2D eigenvalue weighted by Gasteiger charge is -2.30. The van der Waals surface area contributed by atoms with Crippen molar-refractivity contribution < 1.29 is 23.8 Å². The average Bonchev–Trinajstić information content (AvgIpc) is 2.68. The Morgan fingerprint density at radius 1 is 1.07 bits per heavy atom. The number of hydrogen-bond donors (Lipinski definition) is 1. The molecule has 1 saturated carbocycles. The van der Waals surface area contributed by atoms with Crippen molar-refractivity contribution in [3.8, 4) is 5.75 Å². The molecule has 0 amide bonds. The fourth-order valence-corrected chi connectivity index (χ4v) is 3.57. The van der Waals surface area contributed by atoms with E-state index in [1.165, 1.54) is 17.7 Å². The monoisotopic (exact) mass is 372 g/mol. The predicted molar refractivity (Wildman–Crippen MR) is 101 cm³/mol. The molecular weight excluding hydrogens is 347 g/mol. The summed E-state index contributed by atoms with van der Waals surface area (Å²) in [5, 5.41) is 8.57. The van der Waals surface area contributed by atoms with E-state index in [9.17, 15) is 9.18 Å². The molecule has 27 heavy (non-hydrogen) atoms. The minimum atomic E-state index is -0.944. The number of carboxylic acid groups (broad SMARTS) is 1. The molecule has 1 fully saturated rings. The first-order valence-corrected chi connectivity index (χ1v) is 9.41. The normalized spacial score (nSPS) is 19.6. The molecule has 5 heteroatoms. The summed E-state index contributed by atoms with van der Waals surface area (Å²) in [6.07, 6.45) is 5.09. The predicted octanol–water partition coefficient (Wildman–Crippen LogP) is 4.57. The molecule has 4 nitrogen and oxygen atoms in total. The number of benzene rings is 2. The smallest absolute Gasteiger partial charge is 0.329 e. The third kappa shape index (κ3) is 6.07. The first-order valence-electron chi connectivity index (χ1n) is 9.41. The van der Waals surface area contributed by atoms with Crippen molar-refractivity contribution in [3.63, 3.8) is 0 Å².